The predicted octanol–water partition coefficient (Wildman–Crippen LogP) is 5.19. The number of anilines is 1. The van der Waals surface area contributed by atoms with Gasteiger partial charge in [0.05, 0.1) is 21.8 Å². The Morgan fingerprint density at radius 3 is 2.40 bits per heavy atom. The molecule has 0 spiro atoms. The predicted molar refractivity (Wildman–Crippen MR) is 87.2 cm³/mol. The number of esters is 1. The van der Waals surface area contributed by atoms with Crippen LogP contribution in [0.3, 0.4) is 0 Å². The molecule has 0 aliphatic carbocycles. The Kier molecular flexibility index (Phi) is 5.59. The molecule has 0 aliphatic heterocycles. The molecule has 0 aromatic heterocycles. The zero-order valence-corrected chi connectivity index (χ0v) is 14.1. The van der Waals surface area contributed by atoms with Gasteiger partial charge >= 0.3 is 12.1 Å². The lowest BCUT2D eigenvalue weighted by molar-refractivity contribution is -0.141. The van der Waals surface area contributed by atoms with Crippen molar-refractivity contribution in [2.24, 2.45) is 0 Å². The average Bonchev–Trinajstić information content (AvgIpc) is 2.49. The van der Waals surface area contributed by atoms with Crippen molar-refractivity contribution >= 4 is 40.8 Å². The molecule has 1 N–H and O–H groups in total. The highest BCUT2D eigenvalue weighted by Crippen LogP contribution is 2.38. The van der Waals surface area contributed by atoms with Crippen molar-refractivity contribution in [2.45, 2.75) is 13.1 Å². The number of hydrogen-bond acceptors (Lipinski definition) is 3. The summed E-state index contributed by atoms with van der Waals surface area (Å²) in [6.07, 6.45) is -4.81. The molecule has 2 rings (SSSR count). The van der Waals surface area contributed by atoms with E-state index in [9.17, 15) is 22.8 Å². The molecule has 25 heavy (non-hydrogen) atoms. The van der Waals surface area contributed by atoms with E-state index in [1.165, 1.54) is 18.2 Å². The SMILES string of the molecule is CC(=O)Oc1c(C(=O)Nc2cc(Cl)ccc2Cl)cccc1C(F)(F)F. The van der Waals surface area contributed by atoms with Crippen LogP contribution in [-0.4, -0.2) is 11.9 Å². The number of rotatable bonds is 3. The average molecular weight is 392 g/mol. The molecule has 0 saturated heterocycles. The van der Waals surface area contributed by atoms with Crippen LogP contribution in [0.15, 0.2) is 36.4 Å². The van der Waals surface area contributed by atoms with Gasteiger partial charge in [0.25, 0.3) is 5.91 Å². The summed E-state index contributed by atoms with van der Waals surface area (Å²) in [5.74, 6) is -2.81. The summed E-state index contributed by atoms with van der Waals surface area (Å²) >= 11 is 11.7. The van der Waals surface area contributed by atoms with Crippen LogP contribution in [0.2, 0.25) is 10.0 Å². The maximum absolute atomic E-state index is 13.1. The van der Waals surface area contributed by atoms with Gasteiger partial charge < -0.3 is 10.1 Å². The van der Waals surface area contributed by atoms with E-state index in [2.05, 4.69) is 10.1 Å². The van der Waals surface area contributed by atoms with Gasteiger partial charge in [0.1, 0.15) is 0 Å². The summed E-state index contributed by atoms with van der Waals surface area (Å²) in [5.41, 5.74) is -1.61. The fourth-order valence-electron chi connectivity index (χ4n) is 1.98. The molecule has 4 nitrogen and oxygen atoms in total. The maximum Gasteiger partial charge on any atom is 0.420 e. The Hall–Kier alpha value is -2.25. The van der Waals surface area contributed by atoms with Crippen LogP contribution < -0.4 is 10.1 Å². The minimum atomic E-state index is -4.81. The Morgan fingerprint density at radius 2 is 1.80 bits per heavy atom. The molecule has 0 atom stereocenters. The Morgan fingerprint density at radius 1 is 1.12 bits per heavy atom. The van der Waals surface area contributed by atoms with Gasteiger partial charge in [0, 0.05) is 11.9 Å². The molecular weight excluding hydrogens is 382 g/mol. The first-order valence-corrected chi connectivity index (χ1v) is 7.50. The van der Waals surface area contributed by atoms with Crippen LogP contribution in [0.25, 0.3) is 0 Å². The topological polar surface area (TPSA) is 55.4 Å². The normalized spacial score (nSPS) is 11.1. The minimum Gasteiger partial charge on any atom is -0.425 e. The van der Waals surface area contributed by atoms with E-state index in [1.807, 2.05) is 0 Å². The molecule has 0 bridgehead atoms. The Labute approximate surface area is 150 Å². The number of amides is 1. The highest BCUT2D eigenvalue weighted by Gasteiger charge is 2.37. The van der Waals surface area contributed by atoms with Gasteiger partial charge in [-0.2, -0.15) is 13.2 Å². The quantitative estimate of drug-likeness (QED) is 0.578. The molecule has 0 heterocycles. The summed E-state index contributed by atoms with van der Waals surface area (Å²) in [6, 6.07) is 7.07. The molecule has 0 radical (unpaired) electrons. The van der Waals surface area contributed by atoms with Crippen molar-refractivity contribution < 1.29 is 27.5 Å². The first-order valence-electron chi connectivity index (χ1n) is 6.74. The van der Waals surface area contributed by atoms with E-state index >= 15 is 0 Å². The van der Waals surface area contributed by atoms with E-state index in [4.69, 9.17) is 23.2 Å². The lowest BCUT2D eigenvalue weighted by Gasteiger charge is -2.16. The smallest absolute Gasteiger partial charge is 0.420 e. The van der Waals surface area contributed by atoms with Gasteiger partial charge in [-0.15, -0.1) is 0 Å². The number of halogens is 5. The van der Waals surface area contributed by atoms with E-state index in [-0.39, 0.29) is 15.7 Å². The van der Waals surface area contributed by atoms with Crippen molar-refractivity contribution in [1.82, 2.24) is 0 Å². The fraction of sp³-hybridized carbons (Fsp3) is 0.125. The van der Waals surface area contributed by atoms with Gasteiger partial charge in [-0.25, -0.2) is 0 Å². The van der Waals surface area contributed by atoms with Gasteiger partial charge in [0.15, 0.2) is 5.75 Å². The van der Waals surface area contributed by atoms with E-state index in [1.54, 1.807) is 0 Å². The van der Waals surface area contributed by atoms with Crippen molar-refractivity contribution in [2.75, 3.05) is 5.32 Å². The van der Waals surface area contributed by atoms with Crippen LogP contribution in [0, 0.1) is 0 Å². The Balaban J connectivity index is 2.48. The van der Waals surface area contributed by atoms with Crippen molar-refractivity contribution in [3.05, 3.63) is 57.6 Å². The highest BCUT2D eigenvalue weighted by molar-refractivity contribution is 6.36. The highest BCUT2D eigenvalue weighted by atomic mass is 35.5. The molecule has 132 valence electrons. The van der Waals surface area contributed by atoms with Crippen molar-refractivity contribution in [1.29, 1.82) is 0 Å². The van der Waals surface area contributed by atoms with Crippen molar-refractivity contribution in [3.63, 3.8) is 0 Å². The fourth-order valence-corrected chi connectivity index (χ4v) is 2.31. The zero-order chi connectivity index (χ0) is 18.8. The second-order valence-corrected chi connectivity index (χ2v) is 5.70. The van der Waals surface area contributed by atoms with Crippen LogP contribution in [0.4, 0.5) is 18.9 Å². The minimum absolute atomic E-state index is 0.102. The zero-order valence-electron chi connectivity index (χ0n) is 12.6. The van der Waals surface area contributed by atoms with Crippen LogP contribution in [-0.2, 0) is 11.0 Å². The van der Waals surface area contributed by atoms with Gasteiger partial charge in [-0.3, -0.25) is 9.59 Å². The lowest BCUT2D eigenvalue weighted by atomic mass is 10.1. The van der Waals surface area contributed by atoms with Crippen LogP contribution in [0.1, 0.15) is 22.8 Å². The van der Waals surface area contributed by atoms with Crippen molar-refractivity contribution in [3.8, 4) is 5.75 Å². The van der Waals surface area contributed by atoms with Crippen LogP contribution in [0.5, 0.6) is 5.75 Å². The second kappa shape index (κ2) is 7.33. The monoisotopic (exact) mass is 391 g/mol. The summed E-state index contributed by atoms with van der Waals surface area (Å²) in [5, 5.41) is 2.75. The molecular formula is C16H10Cl2F3NO3. The van der Waals surface area contributed by atoms with Crippen LogP contribution >= 0.6 is 23.2 Å². The molecule has 0 saturated carbocycles. The number of hydrogen-bond donors (Lipinski definition) is 1. The van der Waals surface area contributed by atoms with E-state index in [0.717, 1.165) is 19.1 Å². The number of para-hydroxylation sites is 1. The van der Waals surface area contributed by atoms with E-state index < -0.39 is 34.9 Å². The number of alkyl halides is 3. The molecule has 2 aromatic carbocycles. The molecule has 1 amide bonds. The summed E-state index contributed by atoms with van der Waals surface area (Å²) in [4.78, 5) is 23.6. The molecule has 2 aromatic rings. The first-order chi connectivity index (χ1) is 11.6. The van der Waals surface area contributed by atoms with Gasteiger partial charge in [-0.1, -0.05) is 29.3 Å². The molecule has 0 fully saturated rings. The standard InChI is InChI=1S/C16H10Cl2F3NO3/c1-8(23)25-14-10(3-2-4-11(14)16(19,20)21)15(24)22-13-7-9(17)5-6-12(13)18/h2-7H,1H3,(H,22,24). The summed E-state index contributed by atoms with van der Waals surface area (Å²) in [7, 11) is 0. The van der Waals surface area contributed by atoms with Gasteiger partial charge in [0.2, 0.25) is 0 Å². The third-order valence-electron chi connectivity index (χ3n) is 2.99. The molecule has 0 aliphatic rings. The summed E-state index contributed by atoms with van der Waals surface area (Å²) in [6.45, 7) is 0.933. The number of nitrogens with one attached hydrogen (secondary N) is 1. The second-order valence-electron chi connectivity index (χ2n) is 4.85. The largest absolute Gasteiger partial charge is 0.425 e. The maximum atomic E-state index is 13.1. The third kappa shape index (κ3) is 4.64. The lowest BCUT2D eigenvalue weighted by Crippen LogP contribution is -2.18. The first kappa shape index (κ1) is 19.1. The number of carbonyl (C=O) groups excluding carboxylic acids is 2. The molecule has 9 heteroatoms. The Bertz CT molecular complexity index is 838. The summed E-state index contributed by atoms with van der Waals surface area (Å²) < 4.78 is 44.0. The third-order valence-corrected chi connectivity index (χ3v) is 3.55. The number of benzene rings is 2. The van der Waals surface area contributed by atoms with Gasteiger partial charge in [-0.05, 0) is 30.3 Å². The van der Waals surface area contributed by atoms with E-state index in [0.29, 0.717) is 6.07 Å². The molecule has 0 unspecified atom stereocenters. The number of ether oxygens (including phenoxy) is 1. The number of carbonyl (C=O) groups is 2.